The average molecular weight is 590 g/mol. The zero-order chi connectivity index (χ0) is 30.3. The van der Waals surface area contributed by atoms with Gasteiger partial charge in [0, 0.05) is 16.9 Å². The van der Waals surface area contributed by atoms with Gasteiger partial charge in [-0.2, -0.15) is 0 Å². The lowest BCUT2D eigenvalue weighted by Crippen LogP contribution is -2.65. The van der Waals surface area contributed by atoms with Crippen LogP contribution >= 0.6 is 11.3 Å². The molecule has 14 heteroatoms. The normalized spacial score (nSPS) is 16.0. The molecule has 41 heavy (non-hydrogen) atoms. The summed E-state index contributed by atoms with van der Waals surface area (Å²) in [6, 6.07) is 5.73. The number of amides is 3. The zero-order valence-corrected chi connectivity index (χ0v) is 23.7. The second kappa shape index (κ2) is 13.3. The number of Topliss-reactive ketones (excluding diaryl/α,β-unsaturated/α-hetero) is 1. The van der Waals surface area contributed by atoms with Gasteiger partial charge in [0.25, 0.3) is 5.91 Å². The maximum absolute atomic E-state index is 12.6. The number of ketones is 1. The molecule has 0 aliphatic carbocycles. The third kappa shape index (κ3) is 8.27. The molecule has 3 atom stereocenters. The van der Waals surface area contributed by atoms with Gasteiger partial charge in [-0.15, -0.1) is 11.3 Å². The summed E-state index contributed by atoms with van der Waals surface area (Å²) in [5.74, 6) is -4.02. The highest BCUT2D eigenvalue weighted by Crippen LogP contribution is 2.30. The van der Waals surface area contributed by atoms with Gasteiger partial charge in [0.15, 0.2) is 6.04 Å². The molecule has 220 valence electrons. The molecule has 0 radical (unpaired) electrons. The number of methoxy groups -OCH3 is 1. The van der Waals surface area contributed by atoms with Crippen molar-refractivity contribution in [3.63, 3.8) is 0 Å². The van der Waals surface area contributed by atoms with Crippen LogP contribution in [0.3, 0.4) is 0 Å². The maximum atomic E-state index is 12.6. The molecule has 3 unspecified atom stereocenters. The first kappa shape index (κ1) is 31.1. The topological polar surface area (TPSA) is 178 Å². The van der Waals surface area contributed by atoms with Crippen molar-refractivity contribution < 1.29 is 48.1 Å². The molecule has 1 aromatic heterocycles. The molecule has 3 N–H and O–H groups in total. The van der Waals surface area contributed by atoms with Crippen molar-refractivity contribution in [2.75, 3.05) is 20.3 Å². The number of carbonyl (C=O) groups excluding carboxylic acids is 5. The number of rotatable bonds is 12. The fourth-order valence-corrected chi connectivity index (χ4v) is 4.67. The van der Waals surface area contributed by atoms with Crippen molar-refractivity contribution in [1.29, 1.82) is 0 Å². The van der Waals surface area contributed by atoms with Gasteiger partial charge in [0.05, 0.1) is 20.3 Å². The van der Waals surface area contributed by atoms with E-state index in [-0.39, 0.29) is 25.1 Å². The van der Waals surface area contributed by atoms with Crippen LogP contribution in [0.15, 0.2) is 41.8 Å². The van der Waals surface area contributed by atoms with Crippen molar-refractivity contribution in [2.24, 2.45) is 0 Å². The Morgan fingerprint density at radius 1 is 1.12 bits per heavy atom. The molecule has 1 fully saturated rings. The van der Waals surface area contributed by atoms with Crippen LogP contribution in [0.5, 0.6) is 5.75 Å². The predicted molar refractivity (Wildman–Crippen MR) is 144 cm³/mol. The van der Waals surface area contributed by atoms with E-state index < -0.39 is 59.4 Å². The molecule has 0 saturated carbocycles. The Balaban J connectivity index is 1.49. The zero-order valence-electron chi connectivity index (χ0n) is 22.9. The number of hydrogen-bond donors (Lipinski definition) is 3. The highest BCUT2D eigenvalue weighted by atomic mass is 32.1. The maximum Gasteiger partial charge on any atom is 0.408 e. The van der Waals surface area contributed by atoms with Gasteiger partial charge in [0.2, 0.25) is 11.7 Å². The number of likely N-dealkylation sites (tertiary alicyclic amines) is 1. The van der Waals surface area contributed by atoms with Crippen LogP contribution in [-0.2, 0) is 28.7 Å². The molecule has 0 spiro atoms. The van der Waals surface area contributed by atoms with E-state index in [0.29, 0.717) is 10.6 Å². The van der Waals surface area contributed by atoms with Gasteiger partial charge in [-0.1, -0.05) is 6.07 Å². The number of carboxylic acids is 1. The van der Waals surface area contributed by atoms with Crippen molar-refractivity contribution in [3.8, 4) is 5.75 Å². The summed E-state index contributed by atoms with van der Waals surface area (Å²) in [6.45, 7) is 5.02. The number of thiophene rings is 1. The summed E-state index contributed by atoms with van der Waals surface area (Å²) in [6.07, 6.45) is -0.717. The fraction of sp³-hybridized carbons (Fsp3) is 0.407. The first-order valence-corrected chi connectivity index (χ1v) is 13.4. The van der Waals surface area contributed by atoms with E-state index in [1.54, 1.807) is 38.3 Å². The predicted octanol–water partition coefficient (Wildman–Crippen LogP) is 1.92. The van der Waals surface area contributed by atoms with Gasteiger partial charge < -0.3 is 34.9 Å². The number of nitrogens with zero attached hydrogens (tertiary/aromatic N) is 1. The lowest BCUT2D eigenvalue weighted by molar-refractivity contribution is -0.159. The van der Waals surface area contributed by atoms with Crippen LogP contribution in [0.4, 0.5) is 4.79 Å². The number of aliphatic carboxylic acids is 1. The Morgan fingerprint density at radius 3 is 2.34 bits per heavy atom. The number of hydrogen-bond acceptors (Lipinski definition) is 10. The SMILES string of the molecule is COC(=O)C(CCOc1ccc(C(=O)C(=O)NC2CN(C(C(=O)O)c3cccs3)C2=O)cc1)NC(=O)OC(C)(C)C. The summed E-state index contributed by atoms with van der Waals surface area (Å²) in [7, 11) is 1.19. The number of ether oxygens (including phenoxy) is 3. The minimum Gasteiger partial charge on any atom is -0.494 e. The number of benzene rings is 1. The molecule has 1 saturated heterocycles. The van der Waals surface area contributed by atoms with E-state index in [1.807, 2.05) is 0 Å². The monoisotopic (exact) mass is 589 g/mol. The number of nitrogens with one attached hydrogen (secondary N) is 2. The molecule has 0 bridgehead atoms. The van der Waals surface area contributed by atoms with Crippen molar-refractivity contribution in [2.45, 2.75) is 50.9 Å². The minimum absolute atomic E-state index is 0.00639. The van der Waals surface area contributed by atoms with Crippen LogP contribution in [-0.4, -0.2) is 83.6 Å². The molecule has 1 aliphatic rings. The summed E-state index contributed by atoms with van der Waals surface area (Å²) in [4.78, 5) is 74.9. The van der Waals surface area contributed by atoms with E-state index in [0.717, 1.165) is 4.90 Å². The minimum atomic E-state index is -1.19. The number of β-lactam (4-membered cyclic amide) rings is 1. The lowest BCUT2D eigenvalue weighted by atomic mass is 10.0. The third-order valence-corrected chi connectivity index (χ3v) is 6.72. The van der Waals surface area contributed by atoms with Crippen molar-refractivity contribution >= 4 is 47.0 Å². The molecular formula is C27H31N3O10S. The van der Waals surface area contributed by atoms with Crippen LogP contribution in [0.1, 0.15) is 48.5 Å². The molecule has 2 heterocycles. The first-order chi connectivity index (χ1) is 19.3. The Hall–Kier alpha value is -4.46. The third-order valence-electron chi connectivity index (χ3n) is 5.80. The Labute approximate surface area is 239 Å². The van der Waals surface area contributed by atoms with Gasteiger partial charge in [-0.3, -0.25) is 14.4 Å². The van der Waals surface area contributed by atoms with Gasteiger partial charge in [-0.25, -0.2) is 14.4 Å². The largest absolute Gasteiger partial charge is 0.494 e. The number of esters is 1. The molecule has 3 amide bonds. The van der Waals surface area contributed by atoms with Crippen LogP contribution in [0, 0.1) is 0 Å². The molecular weight excluding hydrogens is 558 g/mol. The van der Waals surface area contributed by atoms with Crippen LogP contribution < -0.4 is 15.4 Å². The van der Waals surface area contributed by atoms with Crippen molar-refractivity contribution in [1.82, 2.24) is 15.5 Å². The molecule has 1 aliphatic heterocycles. The molecule has 2 aromatic rings. The summed E-state index contributed by atoms with van der Waals surface area (Å²) in [5, 5.41) is 16.0. The second-order valence-corrected chi connectivity index (χ2v) is 11.0. The highest BCUT2D eigenvalue weighted by molar-refractivity contribution is 7.10. The number of alkyl carbamates (subject to hydrolysis) is 1. The Morgan fingerprint density at radius 2 is 1.80 bits per heavy atom. The quantitative estimate of drug-likeness (QED) is 0.143. The smallest absolute Gasteiger partial charge is 0.408 e. The van der Waals surface area contributed by atoms with Gasteiger partial charge >= 0.3 is 18.0 Å². The van der Waals surface area contributed by atoms with Crippen LogP contribution in [0.25, 0.3) is 0 Å². The highest BCUT2D eigenvalue weighted by Gasteiger charge is 2.45. The van der Waals surface area contributed by atoms with E-state index >= 15 is 0 Å². The Bertz CT molecular complexity index is 1290. The standard InChI is InChI=1S/C27H31N3O10S/c1-27(2,3)40-26(37)29-17(25(36)38-4)11-12-39-16-9-7-15(8-10-16)21(31)22(32)28-18-14-30(23(18)33)20(24(34)35)19-6-5-13-41-19/h5-10,13,17-18,20H,11-12,14H2,1-4H3,(H,28,32)(H,29,37)(H,34,35). The number of carbonyl (C=O) groups is 6. The van der Waals surface area contributed by atoms with Gasteiger partial charge in [-0.05, 0) is 56.5 Å². The van der Waals surface area contributed by atoms with E-state index in [2.05, 4.69) is 10.6 Å². The van der Waals surface area contributed by atoms with E-state index in [1.165, 1.54) is 42.7 Å². The van der Waals surface area contributed by atoms with Crippen molar-refractivity contribution in [3.05, 3.63) is 52.2 Å². The first-order valence-electron chi connectivity index (χ1n) is 12.5. The summed E-state index contributed by atoms with van der Waals surface area (Å²) in [5.41, 5.74) is -0.710. The summed E-state index contributed by atoms with van der Waals surface area (Å²) >= 11 is 1.20. The van der Waals surface area contributed by atoms with E-state index in [4.69, 9.17) is 14.2 Å². The second-order valence-electron chi connectivity index (χ2n) is 9.99. The lowest BCUT2D eigenvalue weighted by Gasteiger charge is -2.41. The molecule has 3 rings (SSSR count). The van der Waals surface area contributed by atoms with Gasteiger partial charge in [0.1, 0.15) is 23.4 Å². The number of carboxylic acid groups (broad SMARTS) is 1. The molecule has 1 aromatic carbocycles. The van der Waals surface area contributed by atoms with E-state index in [9.17, 15) is 33.9 Å². The Kier molecular flexibility index (Phi) is 10.1. The summed E-state index contributed by atoms with van der Waals surface area (Å²) < 4.78 is 15.5. The molecule has 13 nitrogen and oxygen atoms in total. The average Bonchev–Trinajstić information content (AvgIpc) is 3.44. The van der Waals surface area contributed by atoms with Crippen LogP contribution in [0.2, 0.25) is 0 Å². The fourth-order valence-electron chi connectivity index (χ4n) is 3.84.